The van der Waals surface area contributed by atoms with Crippen molar-refractivity contribution in [3.8, 4) is 11.3 Å². The Kier molecular flexibility index (Phi) is 3.63. The summed E-state index contributed by atoms with van der Waals surface area (Å²) in [6.45, 7) is 4.08. The zero-order chi connectivity index (χ0) is 17.2. The minimum Gasteiger partial charge on any atom is -0.382 e. The predicted octanol–water partition coefficient (Wildman–Crippen LogP) is 3.46. The van der Waals surface area contributed by atoms with Crippen LogP contribution in [0.25, 0.3) is 22.5 Å². The van der Waals surface area contributed by atoms with E-state index in [4.69, 9.17) is 5.73 Å². The highest BCUT2D eigenvalue weighted by atomic mass is 15.0. The largest absolute Gasteiger partial charge is 0.382 e. The number of nitrogen functional groups attached to an aromatic ring is 1. The van der Waals surface area contributed by atoms with Gasteiger partial charge < -0.3 is 15.5 Å². The standard InChI is InChI=1S/C19H16N6/c1-13(24-16-4-2-3-9-21-16)14-5-7-15(8-6-14)17-18-19(20)22-10-11-25(18)12-23-17/h2-12H,1H2,(H2,20,22)(H,21,24). The number of aromatic nitrogens is 4. The van der Waals surface area contributed by atoms with Crippen molar-refractivity contribution in [2.24, 2.45) is 0 Å². The van der Waals surface area contributed by atoms with Crippen LogP contribution in [0.5, 0.6) is 0 Å². The normalized spacial score (nSPS) is 10.7. The molecular formula is C19H16N6. The van der Waals surface area contributed by atoms with Crippen molar-refractivity contribution in [3.05, 3.63) is 79.5 Å². The molecule has 4 rings (SSSR count). The molecule has 1 aromatic carbocycles. The van der Waals surface area contributed by atoms with Gasteiger partial charge in [0.05, 0.1) is 5.69 Å². The molecule has 0 aliphatic heterocycles. The second kappa shape index (κ2) is 6.09. The smallest absolute Gasteiger partial charge is 0.150 e. The van der Waals surface area contributed by atoms with Crippen LogP contribution >= 0.6 is 0 Å². The SMILES string of the molecule is C=C(Nc1ccccn1)c1ccc(-c2ncn3ccnc(N)c23)cc1. The zero-order valence-corrected chi connectivity index (χ0v) is 13.4. The molecule has 122 valence electrons. The Balaban J connectivity index is 1.62. The number of imidazole rings is 1. The number of anilines is 2. The number of hydrogen-bond acceptors (Lipinski definition) is 5. The van der Waals surface area contributed by atoms with E-state index in [1.54, 1.807) is 18.7 Å². The molecule has 3 aromatic heterocycles. The van der Waals surface area contributed by atoms with Crippen LogP contribution in [0.3, 0.4) is 0 Å². The number of nitrogens with two attached hydrogens (primary N) is 1. The van der Waals surface area contributed by atoms with E-state index in [1.807, 2.05) is 53.1 Å². The van der Waals surface area contributed by atoms with Crippen molar-refractivity contribution in [1.29, 1.82) is 0 Å². The monoisotopic (exact) mass is 328 g/mol. The summed E-state index contributed by atoms with van der Waals surface area (Å²) in [6, 6.07) is 13.7. The van der Waals surface area contributed by atoms with Crippen LogP contribution in [0.1, 0.15) is 5.56 Å². The van der Waals surface area contributed by atoms with Gasteiger partial charge in [0.1, 0.15) is 23.5 Å². The number of pyridine rings is 1. The molecule has 0 amide bonds. The number of rotatable bonds is 4. The maximum Gasteiger partial charge on any atom is 0.150 e. The van der Waals surface area contributed by atoms with Crippen LogP contribution in [0.15, 0.2) is 74.0 Å². The molecule has 0 fully saturated rings. The van der Waals surface area contributed by atoms with Gasteiger partial charge in [-0.05, 0) is 17.7 Å². The lowest BCUT2D eigenvalue weighted by atomic mass is 10.1. The Bertz CT molecular complexity index is 1030. The third kappa shape index (κ3) is 2.81. The van der Waals surface area contributed by atoms with Crippen LogP contribution < -0.4 is 11.1 Å². The summed E-state index contributed by atoms with van der Waals surface area (Å²) in [5.74, 6) is 1.22. The summed E-state index contributed by atoms with van der Waals surface area (Å²) in [5.41, 5.74) is 10.3. The van der Waals surface area contributed by atoms with Crippen LogP contribution in [0, 0.1) is 0 Å². The van der Waals surface area contributed by atoms with Gasteiger partial charge in [-0.3, -0.25) is 0 Å². The van der Waals surface area contributed by atoms with Crippen LogP contribution in [-0.4, -0.2) is 19.4 Å². The predicted molar refractivity (Wildman–Crippen MR) is 99.7 cm³/mol. The van der Waals surface area contributed by atoms with E-state index < -0.39 is 0 Å². The fourth-order valence-corrected chi connectivity index (χ4v) is 2.68. The molecule has 0 radical (unpaired) electrons. The summed E-state index contributed by atoms with van der Waals surface area (Å²) in [6.07, 6.45) is 6.96. The molecular weight excluding hydrogens is 312 g/mol. The second-order valence-electron chi connectivity index (χ2n) is 5.56. The fraction of sp³-hybridized carbons (Fsp3) is 0. The van der Waals surface area contributed by atoms with Gasteiger partial charge in [-0.2, -0.15) is 0 Å². The van der Waals surface area contributed by atoms with E-state index in [0.717, 1.165) is 33.9 Å². The molecule has 3 heterocycles. The highest BCUT2D eigenvalue weighted by Crippen LogP contribution is 2.27. The molecule has 0 unspecified atom stereocenters. The first-order chi connectivity index (χ1) is 12.2. The van der Waals surface area contributed by atoms with Crippen molar-refractivity contribution in [1.82, 2.24) is 19.4 Å². The van der Waals surface area contributed by atoms with Gasteiger partial charge in [0.25, 0.3) is 0 Å². The van der Waals surface area contributed by atoms with Gasteiger partial charge in [-0.25, -0.2) is 15.0 Å². The molecule has 6 nitrogen and oxygen atoms in total. The van der Waals surface area contributed by atoms with Gasteiger partial charge in [0, 0.05) is 29.9 Å². The van der Waals surface area contributed by atoms with Crippen LogP contribution in [-0.2, 0) is 0 Å². The number of benzene rings is 1. The Morgan fingerprint density at radius 3 is 2.60 bits per heavy atom. The molecule has 0 saturated heterocycles. The molecule has 0 saturated carbocycles. The van der Waals surface area contributed by atoms with E-state index in [0.29, 0.717) is 5.82 Å². The van der Waals surface area contributed by atoms with E-state index >= 15 is 0 Å². The fourth-order valence-electron chi connectivity index (χ4n) is 2.68. The van der Waals surface area contributed by atoms with Gasteiger partial charge >= 0.3 is 0 Å². The molecule has 0 spiro atoms. The van der Waals surface area contributed by atoms with E-state index in [-0.39, 0.29) is 0 Å². The van der Waals surface area contributed by atoms with E-state index in [2.05, 4.69) is 26.8 Å². The summed E-state index contributed by atoms with van der Waals surface area (Å²) < 4.78 is 1.87. The lowest BCUT2D eigenvalue weighted by Gasteiger charge is -2.09. The minimum atomic E-state index is 0.459. The van der Waals surface area contributed by atoms with Gasteiger partial charge in [-0.1, -0.05) is 36.9 Å². The summed E-state index contributed by atoms with van der Waals surface area (Å²) in [5, 5.41) is 3.20. The van der Waals surface area contributed by atoms with Gasteiger partial charge in [-0.15, -0.1) is 0 Å². The first-order valence-corrected chi connectivity index (χ1v) is 7.77. The highest BCUT2D eigenvalue weighted by Gasteiger charge is 2.11. The molecule has 4 aromatic rings. The molecule has 6 heteroatoms. The van der Waals surface area contributed by atoms with Crippen molar-refractivity contribution >= 4 is 22.8 Å². The van der Waals surface area contributed by atoms with Crippen molar-refractivity contribution in [3.63, 3.8) is 0 Å². The van der Waals surface area contributed by atoms with Crippen molar-refractivity contribution in [2.45, 2.75) is 0 Å². The number of hydrogen-bond donors (Lipinski definition) is 2. The molecule has 0 aliphatic carbocycles. The minimum absolute atomic E-state index is 0.459. The number of fused-ring (bicyclic) bond motifs is 1. The average molecular weight is 328 g/mol. The van der Waals surface area contributed by atoms with Crippen molar-refractivity contribution in [2.75, 3.05) is 11.1 Å². The maximum atomic E-state index is 6.00. The van der Waals surface area contributed by atoms with Crippen LogP contribution in [0.2, 0.25) is 0 Å². The highest BCUT2D eigenvalue weighted by molar-refractivity contribution is 5.85. The second-order valence-corrected chi connectivity index (χ2v) is 5.56. The van der Waals surface area contributed by atoms with Crippen molar-refractivity contribution < 1.29 is 0 Å². The molecule has 0 bridgehead atoms. The number of nitrogens with one attached hydrogen (secondary N) is 1. The molecule has 3 N–H and O–H groups in total. The van der Waals surface area contributed by atoms with Crippen LogP contribution in [0.4, 0.5) is 11.6 Å². The molecule has 25 heavy (non-hydrogen) atoms. The Morgan fingerprint density at radius 2 is 1.84 bits per heavy atom. The topological polar surface area (TPSA) is 81.1 Å². The Morgan fingerprint density at radius 1 is 1.00 bits per heavy atom. The van der Waals surface area contributed by atoms with E-state index in [9.17, 15) is 0 Å². The molecule has 0 atom stereocenters. The Hall–Kier alpha value is -3.67. The summed E-state index contributed by atoms with van der Waals surface area (Å²) in [7, 11) is 0. The third-order valence-corrected chi connectivity index (χ3v) is 3.93. The first kappa shape index (κ1) is 14.9. The Labute approximate surface area is 144 Å². The number of nitrogens with zero attached hydrogens (tertiary/aromatic N) is 4. The van der Waals surface area contributed by atoms with Gasteiger partial charge in [0.2, 0.25) is 0 Å². The lowest BCUT2D eigenvalue weighted by Crippen LogP contribution is -1.99. The lowest BCUT2D eigenvalue weighted by molar-refractivity contribution is 1.12. The third-order valence-electron chi connectivity index (χ3n) is 3.93. The quantitative estimate of drug-likeness (QED) is 0.599. The molecule has 0 aliphatic rings. The first-order valence-electron chi connectivity index (χ1n) is 7.77. The zero-order valence-electron chi connectivity index (χ0n) is 13.4. The van der Waals surface area contributed by atoms with E-state index in [1.165, 1.54) is 0 Å². The maximum absolute atomic E-state index is 6.00. The van der Waals surface area contributed by atoms with Gasteiger partial charge in [0.15, 0.2) is 0 Å². The average Bonchev–Trinajstić information content (AvgIpc) is 3.08. The summed E-state index contributed by atoms with van der Waals surface area (Å²) in [4.78, 5) is 12.8. The summed E-state index contributed by atoms with van der Waals surface area (Å²) >= 11 is 0.